The smallest absolute Gasteiger partial charge is 0.328 e. The Morgan fingerprint density at radius 1 is 0.958 bits per heavy atom. The number of phenols is 1. The first-order valence-electron chi connectivity index (χ1n) is 17.0. The fraction of sp³-hybridized carbons (Fsp3) is 0.622. The second-order valence-electron chi connectivity index (χ2n) is 14.5. The number of carbonyl (C=O) groups excluding carboxylic acids is 6. The van der Waals surface area contributed by atoms with Crippen molar-refractivity contribution in [3.8, 4) is 5.75 Å². The molecule has 7 atom stereocenters. The molecule has 4 aliphatic rings. The molecule has 260 valence electrons. The summed E-state index contributed by atoms with van der Waals surface area (Å²) in [4.78, 5) is 76.4. The van der Waals surface area contributed by atoms with Crippen molar-refractivity contribution in [2.45, 2.75) is 103 Å². The number of Topliss-reactive ketones (excluding diaryl/α,β-unsaturated/α-hetero) is 1. The fourth-order valence-electron chi connectivity index (χ4n) is 9.51. The highest BCUT2D eigenvalue weighted by molar-refractivity contribution is 5.94. The number of amides is 1. The molecule has 1 aromatic rings. The zero-order chi connectivity index (χ0) is 34.9. The van der Waals surface area contributed by atoms with Crippen molar-refractivity contribution in [1.82, 2.24) is 5.32 Å². The number of fused-ring (bicyclic) bond motifs is 5. The quantitative estimate of drug-likeness (QED) is 0.257. The van der Waals surface area contributed by atoms with Crippen LogP contribution < -0.4 is 5.32 Å². The molecule has 0 radical (unpaired) electrons. The van der Waals surface area contributed by atoms with Crippen molar-refractivity contribution in [2.24, 2.45) is 28.6 Å². The third kappa shape index (κ3) is 6.65. The number of methoxy groups -OCH3 is 1. The van der Waals surface area contributed by atoms with Gasteiger partial charge in [0.2, 0.25) is 11.7 Å². The van der Waals surface area contributed by atoms with Gasteiger partial charge in [0.1, 0.15) is 11.8 Å². The zero-order valence-corrected chi connectivity index (χ0v) is 28.3. The number of phenolic OH excluding ortho intramolecular Hbond substituents is 1. The summed E-state index contributed by atoms with van der Waals surface area (Å²) >= 11 is 0. The van der Waals surface area contributed by atoms with Crippen molar-refractivity contribution in [3.63, 3.8) is 0 Å². The number of hydrogen-bond acceptors (Lipinski definition) is 10. The Hall–Kier alpha value is -4.02. The summed E-state index contributed by atoms with van der Waals surface area (Å²) in [5.74, 6) is -1.90. The summed E-state index contributed by atoms with van der Waals surface area (Å²) in [6.45, 7) is 5.04. The first-order valence-corrected chi connectivity index (χ1v) is 17.0. The number of esters is 3. The average molecular weight is 666 g/mol. The maximum atomic E-state index is 14.0. The molecule has 3 fully saturated rings. The zero-order valence-electron chi connectivity index (χ0n) is 28.3. The van der Waals surface area contributed by atoms with Gasteiger partial charge in [-0.3, -0.25) is 24.0 Å². The molecule has 4 aliphatic carbocycles. The van der Waals surface area contributed by atoms with Crippen LogP contribution in [0.2, 0.25) is 0 Å². The summed E-state index contributed by atoms with van der Waals surface area (Å²) in [7, 11) is 1.20. The maximum Gasteiger partial charge on any atom is 0.328 e. The van der Waals surface area contributed by atoms with Crippen LogP contribution in [0, 0.1) is 28.6 Å². The van der Waals surface area contributed by atoms with Crippen molar-refractivity contribution < 1.29 is 48.1 Å². The summed E-state index contributed by atoms with van der Waals surface area (Å²) in [5.41, 5.74) is -0.162. The Bertz CT molecular complexity index is 1500. The second kappa shape index (κ2) is 13.8. The molecular weight excluding hydrogens is 618 g/mol. The number of hydrogen-bond donors (Lipinski definition) is 2. The fourth-order valence-corrected chi connectivity index (χ4v) is 9.51. The van der Waals surface area contributed by atoms with Gasteiger partial charge in [-0.05, 0) is 91.9 Å². The van der Waals surface area contributed by atoms with Crippen LogP contribution in [0.4, 0.5) is 0 Å². The van der Waals surface area contributed by atoms with Gasteiger partial charge in [0.15, 0.2) is 18.0 Å². The molecule has 0 bridgehead atoms. The van der Waals surface area contributed by atoms with E-state index in [2.05, 4.69) is 12.2 Å². The van der Waals surface area contributed by atoms with Crippen LogP contribution in [0.15, 0.2) is 35.9 Å². The highest BCUT2D eigenvalue weighted by Gasteiger charge is 2.68. The minimum atomic E-state index is -1.42. The Labute approximate surface area is 281 Å². The molecule has 0 unspecified atom stereocenters. The molecule has 0 aromatic heterocycles. The highest BCUT2D eigenvalue weighted by Crippen LogP contribution is 2.68. The van der Waals surface area contributed by atoms with Gasteiger partial charge in [-0.25, -0.2) is 4.79 Å². The monoisotopic (exact) mass is 665 g/mol. The molecule has 48 heavy (non-hydrogen) atoms. The van der Waals surface area contributed by atoms with Crippen molar-refractivity contribution in [1.29, 1.82) is 0 Å². The minimum absolute atomic E-state index is 0.0426. The standard InChI is InChI=1S/C37H47NO10/c1-22(39)48-37(18-15-29-27-10-7-24-20-26(41)13-16-35(24,2)28(27)14-17-36(29,37)3)31(42)21-47-33(44)12-11-32(43)38-30(34(45)46-4)19-23-5-8-25(40)9-6-23/h5-6,8-9,20,27-30,40H,7,10-19,21H2,1-4H3,(H,38,43)/t27-,28+,29+,30-,35-,36-,37-/m0/s1. The lowest BCUT2D eigenvalue weighted by Crippen LogP contribution is -2.59. The molecule has 0 heterocycles. The summed E-state index contributed by atoms with van der Waals surface area (Å²) in [6.07, 6.45) is 7.14. The lowest BCUT2D eigenvalue weighted by molar-refractivity contribution is -0.191. The van der Waals surface area contributed by atoms with E-state index in [1.54, 1.807) is 12.1 Å². The second-order valence-corrected chi connectivity index (χ2v) is 14.5. The van der Waals surface area contributed by atoms with E-state index in [4.69, 9.17) is 14.2 Å². The average Bonchev–Trinajstić information content (AvgIpc) is 3.35. The van der Waals surface area contributed by atoms with E-state index < -0.39 is 53.3 Å². The Balaban J connectivity index is 1.20. The lowest BCUT2D eigenvalue weighted by Gasteiger charge is -2.59. The van der Waals surface area contributed by atoms with Crippen molar-refractivity contribution >= 4 is 35.4 Å². The van der Waals surface area contributed by atoms with Crippen LogP contribution in [0.5, 0.6) is 5.75 Å². The first kappa shape index (κ1) is 35.3. The third-order valence-corrected chi connectivity index (χ3v) is 12.0. The van der Waals surface area contributed by atoms with Gasteiger partial charge in [-0.15, -0.1) is 0 Å². The number of nitrogens with one attached hydrogen (secondary N) is 1. The van der Waals surface area contributed by atoms with Crippen LogP contribution in [-0.2, 0) is 49.4 Å². The topological polar surface area (TPSA) is 162 Å². The molecule has 3 saturated carbocycles. The summed E-state index contributed by atoms with van der Waals surface area (Å²) in [5, 5.41) is 12.1. The highest BCUT2D eigenvalue weighted by atomic mass is 16.6. The molecule has 2 N–H and O–H groups in total. The molecule has 0 aliphatic heterocycles. The van der Waals surface area contributed by atoms with E-state index in [1.165, 1.54) is 31.7 Å². The lowest BCUT2D eigenvalue weighted by atomic mass is 9.46. The maximum absolute atomic E-state index is 14.0. The number of ether oxygens (including phenoxy) is 3. The van der Waals surface area contributed by atoms with E-state index >= 15 is 0 Å². The molecule has 11 heteroatoms. The molecule has 5 rings (SSSR count). The largest absolute Gasteiger partial charge is 0.508 e. The predicted octanol–water partition coefficient (Wildman–Crippen LogP) is 4.32. The molecule has 11 nitrogen and oxygen atoms in total. The van der Waals surface area contributed by atoms with E-state index in [0.29, 0.717) is 43.1 Å². The van der Waals surface area contributed by atoms with Crippen LogP contribution in [0.25, 0.3) is 0 Å². The normalized spacial score (nSPS) is 31.2. The Morgan fingerprint density at radius 3 is 2.35 bits per heavy atom. The van der Waals surface area contributed by atoms with Crippen LogP contribution in [0.3, 0.4) is 0 Å². The Morgan fingerprint density at radius 2 is 1.67 bits per heavy atom. The number of ketones is 2. The van der Waals surface area contributed by atoms with Crippen molar-refractivity contribution in [3.05, 3.63) is 41.5 Å². The minimum Gasteiger partial charge on any atom is -0.508 e. The SMILES string of the molecule is COC(=O)[C@H](Cc1ccc(O)cc1)NC(=O)CCC(=O)OCC(=O)[C@@]1(OC(C)=O)CC[C@@H]2[C@H]3CCC4=CC(=O)CC[C@]4(C)[C@@H]3CC[C@@]21C. The van der Waals surface area contributed by atoms with Gasteiger partial charge in [-0.1, -0.05) is 31.6 Å². The van der Waals surface area contributed by atoms with E-state index in [9.17, 15) is 33.9 Å². The van der Waals surface area contributed by atoms with Crippen LogP contribution in [0.1, 0.15) is 90.5 Å². The number of rotatable bonds is 11. The van der Waals surface area contributed by atoms with Crippen LogP contribution >= 0.6 is 0 Å². The van der Waals surface area contributed by atoms with E-state index in [-0.39, 0.29) is 42.1 Å². The number of benzene rings is 1. The molecular formula is C37H47NO10. The molecule has 1 amide bonds. The first-order chi connectivity index (χ1) is 22.7. The van der Waals surface area contributed by atoms with Gasteiger partial charge in [0.05, 0.1) is 13.5 Å². The van der Waals surface area contributed by atoms with Crippen LogP contribution in [-0.4, -0.2) is 65.8 Å². The van der Waals surface area contributed by atoms with Gasteiger partial charge >= 0.3 is 17.9 Å². The summed E-state index contributed by atoms with van der Waals surface area (Å²) < 4.78 is 16.1. The molecule has 0 saturated heterocycles. The van der Waals surface area contributed by atoms with Gasteiger partial charge < -0.3 is 24.6 Å². The van der Waals surface area contributed by atoms with E-state index in [0.717, 1.165) is 25.7 Å². The van der Waals surface area contributed by atoms with Crippen molar-refractivity contribution in [2.75, 3.05) is 13.7 Å². The van der Waals surface area contributed by atoms with Gasteiger partial charge in [0, 0.05) is 31.6 Å². The Kier molecular flexibility index (Phi) is 10.2. The number of aromatic hydroxyl groups is 1. The number of carbonyl (C=O) groups is 6. The van der Waals surface area contributed by atoms with E-state index in [1.807, 2.05) is 13.0 Å². The molecule has 1 aromatic carbocycles. The van der Waals surface area contributed by atoms with Gasteiger partial charge in [-0.2, -0.15) is 0 Å². The number of allylic oxidation sites excluding steroid dienone is 1. The third-order valence-electron chi connectivity index (χ3n) is 12.0. The summed E-state index contributed by atoms with van der Waals surface area (Å²) in [6, 6.07) is 5.17. The molecule has 0 spiro atoms. The van der Waals surface area contributed by atoms with Gasteiger partial charge in [0.25, 0.3) is 0 Å². The predicted molar refractivity (Wildman–Crippen MR) is 172 cm³/mol.